The van der Waals surface area contributed by atoms with Gasteiger partial charge in [-0.05, 0) is 0 Å². The van der Waals surface area contributed by atoms with Crippen LogP contribution in [0.15, 0.2) is 0 Å². The third-order valence-electron chi connectivity index (χ3n) is 3.80. The van der Waals surface area contributed by atoms with Crippen molar-refractivity contribution in [3.63, 3.8) is 0 Å². The van der Waals surface area contributed by atoms with Gasteiger partial charge in [0.25, 0.3) is 0 Å². The van der Waals surface area contributed by atoms with Crippen molar-refractivity contribution < 1.29 is 23.8 Å². The number of urea groups is 1. The minimum absolute atomic E-state index is 0.142. The predicted octanol–water partition coefficient (Wildman–Crippen LogP) is 1.35. The molecule has 9 nitrogen and oxygen atoms in total. The Balaban J connectivity index is 2.02. The summed E-state index contributed by atoms with van der Waals surface area (Å²) in [5, 5.41) is 13.6. The number of carbonyl (C=O) groups excluding carboxylic acids is 1. The Morgan fingerprint density at radius 2 is 1.88 bits per heavy atom. The van der Waals surface area contributed by atoms with Crippen molar-refractivity contribution in [1.29, 1.82) is 0 Å². The van der Waals surface area contributed by atoms with E-state index in [-0.39, 0.29) is 18.4 Å². The number of hydrogen-bond donors (Lipinski definition) is 2. The number of morpholine rings is 1. The normalized spacial score (nSPS) is 28.2. The topological polar surface area (TPSA) is 94.6 Å². The van der Waals surface area contributed by atoms with Crippen LogP contribution in [0.3, 0.4) is 0 Å². The van der Waals surface area contributed by atoms with Crippen molar-refractivity contribution in [3.05, 3.63) is 0 Å². The van der Waals surface area contributed by atoms with Crippen LogP contribution in [0.5, 0.6) is 0 Å². The van der Waals surface area contributed by atoms with Crippen molar-refractivity contribution in [2.45, 2.75) is 12.6 Å². The molecule has 2 aliphatic heterocycles. The minimum Gasteiger partial charge on any atom is -0.378 e. The van der Waals surface area contributed by atoms with E-state index in [1.54, 1.807) is 0 Å². The third kappa shape index (κ3) is 4.95. The molecular formula is C12H23Cl2N4O5P. The van der Waals surface area contributed by atoms with Crippen LogP contribution in [-0.4, -0.2) is 89.8 Å². The number of carbonyl (C=O) groups is 1. The van der Waals surface area contributed by atoms with Crippen molar-refractivity contribution >= 4 is 36.9 Å². The molecule has 2 aliphatic rings. The van der Waals surface area contributed by atoms with Crippen LogP contribution < -0.4 is 5.09 Å². The first kappa shape index (κ1) is 20.2. The molecule has 0 aliphatic carbocycles. The molecule has 2 amide bonds. The zero-order chi connectivity index (χ0) is 17.6. The summed E-state index contributed by atoms with van der Waals surface area (Å²) >= 11 is 11.5. The molecule has 140 valence electrons. The molecular weight excluding hydrogens is 382 g/mol. The van der Waals surface area contributed by atoms with Gasteiger partial charge in [-0.25, -0.2) is 14.6 Å². The predicted molar refractivity (Wildman–Crippen MR) is 89.5 cm³/mol. The number of rotatable bonds is 6. The average Bonchev–Trinajstić information content (AvgIpc) is 2.61. The molecule has 0 spiro atoms. The van der Waals surface area contributed by atoms with Gasteiger partial charge in [0.2, 0.25) is 0 Å². The van der Waals surface area contributed by atoms with E-state index in [4.69, 9.17) is 32.5 Å². The second-order valence-corrected chi connectivity index (χ2v) is 8.22. The van der Waals surface area contributed by atoms with Gasteiger partial charge in [0.05, 0.1) is 19.8 Å². The van der Waals surface area contributed by atoms with Crippen LogP contribution in [0.25, 0.3) is 0 Å². The number of hydroxylamine groups is 2. The number of alkyl halides is 2. The molecule has 2 fully saturated rings. The fraction of sp³-hybridized carbons (Fsp3) is 0.917. The summed E-state index contributed by atoms with van der Waals surface area (Å²) in [5.41, 5.74) is 0. The van der Waals surface area contributed by atoms with E-state index in [0.29, 0.717) is 50.9 Å². The smallest absolute Gasteiger partial charge is 0.345 e. The molecule has 12 heteroatoms. The van der Waals surface area contributed by atoms with Crippen LogP contribution in [0.2, 0.25) is 0 Å². The monoisotopic (exact) mass is 404 g/mol. The van der Waals surface area contributed by atoms with Gasteiger partial charge in [0.1, 0.15) is 6.17 Å². The fourth-order valence-corrected chi connectivity index (χ4v) is 5.26. The van der Waals surface area contributed by atoms with E-state index < -0.39 is 19.9 Å². The van der Waals surface area contributed by atoms with E-state index in [0.717, 1.165) is 0 Å². The maximum absolute atomic E-state index is 13.0. The summed E-state index contributed by atoms with van der Waals surface area (Å²) in [4.78, 5) is 13.8. The number of ether oxygens (including phenoxy) is 1. The summed E-state index contributed by atoms with van der Waals surface area (Å²) < 4.78 is 25.1. The molecule has 2 saturated heterocycles. The number of nitrogens with zero attached hydrogens (tertiary/aromatic N) is 3. The molecule has 2 unspecified atom stereocenters. The Kier molecular flexibility index (Phi) is 8.03. The lowest BCUT2D eigenvalue weighted by Crippen LogP contribution is -2.56. The van der Waals surface area contributed by atoms with Gasteiger partial charge in [-0.2, -0.15) is 5.06 Å². The number of hydrogen-bond acceptors (Lipinski definition) is 5. The summed E-state index contributed by atoms with van der Waals surface area (Å²) in [7, 11) is -3.43. The molecule has 2 N–H and O–H groups in total. The highest BCUT2D eigenvalue weighted by atomic mass is 35.5. The van der Waals surface area contributed by atoms with Gasteiger partial charge in [0.15, 0.2) is 0 Å². The highest BCUT2D eigenvalue weighted by Gasteiger charge is 2.41. The molecule has 2 heterocycles. The first-order valence-electron chi connectivity index (χ1n) is 7.76. The van der Waals surface area contributed by atoms with Crippen LogP contribution >= 0.6 is 30.9 Å². The molecule has 0 aromatic heterocycles. The van der Waals surface area contributed by atoms with Gasteiger partial charge < -0.3 is 14.2 Å². The fourth-order valence-electron chi connectivity index (χ4n) is 2.52. The van der Waals surface area contributed by atoms with E-state index in [9.17, 15) is 14.6 Å². The largest absolute Gasteiger partial charge is 0.378 e. The number of nitrogens with one attached hydrogen (secondary N) is 1. The Labute approximate surface area is 151 Å². The van der Waals surface area contributed by atoms with E-state index >= 15 is 0 Å². The van der Waals surface area contributed by atoms with Crippen molar-refractivity contribution in [2.75, 3.05) is 57.8 Å². The Hall–Kier alpha value is -0.120. The lowest BCUT2D eigenvalue weighted by atomic mass is 10.3. The maximum Gasteiger partial charge on any atom is 0.345 e. The Morgan fingerprint density at radius 3 is 2.46 bits per heavy atom. The third-order valence-corrected chi connectivity index (χ3v) is 6.44. The average molecular weight is 405 g/mol. The summed E-state index contributed by atoms with van der Waals surface area (Å²) in [5.74, 6) is 0.512. The first-order valence-corrected chi connectivity index (χ1v) is 10.4. The molecule has 2 rings (SSSR count). The van der Waals surface area contributed by atoms with E-state index in [2.05, 4.69) is 5.09 Å². The van der Waals surface area contributed by atoms with E-state index in [1.165, 1.54) is 9.57 Å². The molecule has 0 saturated carbocycles. The van der Waals surface area contributed by atoms with Crippen LogP contribution in [-0.2, 0) is 13.8 Å². The SMILES string of the molecule is O=C(N1CCOCC1)N(O)C1CCOP(=O)(N(CCCl)CCCl)N1. The second-order valence-electron chi connectivity index (χ2n) is 5.35. The standard InChI is InChI=1S/C12H23Cl2N4O5P/c13-2-4-17(5-3-14)24(21)15-11(1-8-23-24)18(20)12(19)16-6-9-22-10-7-16/h11,20H,1-10H2,(H,15,21). The second kappa shape index (κ2) is 9.54. The highest BCUT2D eigenvalue weighted by molar-refractivity contribution is 7.54. The molecule has 0 radical (unpaired) electrons. The van der Waals surface area contributed by atoms with Crippen LogP contribution in [0.4, 0.5) is 4.79 Å². The molecule has 0 aromatic rings. The molecule has 24 heavy (non-hydrogen) atoms. The van der Waals surface area contributed by atoms with E-state index in [1.807, 2.05) is 0 Å². The number of halogens is 2. The zero-order valence-electron chi connectivity index (χ0n) is 13.3. The van der Waals surface area contributed by atoms with Gasteiger partial charge in [-0.1, -0.05) is 0 Å². The quantitative estimate of drug-likeness (QED) is 0.298. The number of amides is 2. The summed E-state index contributed by atoms with van der Waals surface area (Å²) in [6, 6.07) is -0.550. The molecule has 0 bridgehead atoms. The summed E-state index contributed by atoms with van der Waals surface area (Å²) in [6.45, 7) is 2.44. The van der Waals surface area contributed by atoms with Gasteiger partial charge in [-0.15, -0.1) is 23.2 Å². The van der Waals surface area contributed by atoms with Gasteiger partial charge in [-0.3, -0.25) is 9.77 Å². The lowest BCUT2D eigenvalue weighted by Gasteiger charge is -2.40. The highest BCUT2D eigenvalue weighted by Crippen LogP contribution is 2.49. The van der Waals surface area contributed by atoms with Crippen LogP contribution in [0, 0.1) is 0 Å². The van der Waals surface area contributed by atoms with Gasteiger partial charge in [0, 0.05) is 44.4 Å². The van der Waals surface area contributed by atoms with Crippen LogP contribution in [0.1, 0.15) is 6.42 Å². The van der Waals surface area contributed by atoms with Crippen molar-refractivity contribution in [2.24, 2.45) is 0 Å². The Morgan fingerprint density at radius 1 is 1.25 bits per heavy atom. The zero-order valence-corrected chi connectivity index (χ0v) is 15.7. The minimum atomic E-state index is -3.43. The van der Waals surface area contributed by atoms with Crippen molar-refractivity contribution in [3.8, 4) is 0 Å². The first-order chi connectivity index (χ1) is 11.5. The summed E-state index contributed by atoms with van der Waals surface area (Å²) in [6.07, 6.45) is -0.500. The molecule has 0 aromatic carbocycles. The maximum atomic E-state index is 13.0. The van der Waals surface area contributed by atoms with Crippen molar-refractivity contribution in [1.82, 2.24) is 19.7 Å². The Bertz CT molecular complexity index is 463. The lowest BCUT2D eigenvalue weighted by molar-refractivity contribution is -0.108. The van der Waals surface area contributed by atoms with Gasteiger partial charge >= 0.3 is 13.7 Å². The molecule has 2 atom stereocenters.